The van der Waals surface area contributed by atoms with E-state index >= 15 is 0 Å². The Morgan fingerprint density at radius 3 is 2.39 bits per heavy atom. The number of amides is 1. The van der Waals surface area contributed by atoms with Crippen molar-refractivity contribution >= 4 is 11.9 Å². The zero-order valence-corrected chi connectivity index (χ0v) is 11.3. The van der Waals surface area contributed by atoms with Gasteiger partial charge in [-0.2, -0.15) is 0 Å². The smallest absolute Gasteiger partial charge is 0.305 e. The highest BCUT2D eigenvalue weighted by Gasteiger charge is 2.29. The summed E-state index contributed by atoms with van der Waals surface area (Å²) in [6.45, 7) is 2.46. The second-order valence-corrected chi connectivity index (χ2v) is 4.56. The monoisotopic (exact) mass is 261 g/mol. The van der Waals surface area contributed by atoms with Crippen molar-refractivity contribution in [1.29, 1.82) is 0 Å². The lowest BCUT2D eigenvalue weighted by Crippen LogP contribution is -2.50. The van der Waals surface area contributed by atoms with Crippen molar-refractivity contribution in [3.05, 3.63) is 0 Å². The third-order valence-electron chi connectivity index (χ3n) is 2.45. The maximum absolute atomic E-state index is 11.7. The molecule has 1 unspecified atom stereocenters. The van der Waals surface area contributed by atoms with E-state index in [0.29, 0.717) is 13.0 Å². The highest BCUT2D eigenvalue weighted by atomic mass is 16.5. The second-order valence-electron chi connectivity index (χ2n) is 4.56. The summed E-state index contributed by atoms with van der Waals surface area (Å²) in [6.07, 6.45) is 1.73. The van der Waals surface area contributed by atoms with Gasteiger partial charge in [0.05, 0.1) is 18.6 Å². The Labute approximate surface area is 108 Å². The SMILES string of the molecule is COCCCCC(=O)NC(C)(COC)CC(=O)O. The molecule has 0 spiro atoms. The van der Waals surface area contributed by atoms with Crippen LogP contribution in [0.3, 0.4) is 0 Å². The van der Waals surface area contributed by atoms with E-state index in [0.717, 1.165) is 12.8 Å². The molecule has 0 rings (SSSR count). The van der Waals surface area contributed by atoms with Crippen LogP contribution in [0.2, 0.25) is 0 Å². The van der Waals surface area contributed by atoms with Crippen molar-refractivity contribution in [2.24, 2.45) is 0 Å². The molecule has 6 nitrogen and oxygen atoms in total. The van der Waals surface area contributed by atoms with E-state index in [1.54, 1.807) is 14.0 Å². The first-order valence-corrected chi connectivity index (χ1v) is 5.94. The largest absolute Gasteiger partial charge is 0.481 e. The van der Waals surface area contributed by atoms with Gasteiger partial charge in [-0.05, 0) is 19.8 Å². The van der Waals surface area contributed by atoms with Crippen molar-refractivity contribution in [3.63, 3.8) is 0 Å². The van der Waals surface area contributed by atoms with Gasteiger partial charge in [0.2, 0.25) is 5.91 Å². The summed E-state index contributed by atoms with van der Waals surface area (Å²) in [7, 11) is 3.09. The lowest BCUT2D eigenvalue weighted by Gasteiger charge is -2.28. The minimum atomic E-state index is -0.964. The number of carbonyl (C=O) groups excluding carboxylic acids is 1. The van der Waals surface area contributed by atoms with Gasteiger partial charge in [-0.15, -0.1) is 0 Å². The molecule has 2 N–H and O–H groups in total. The summed E-state index contributed by atoms with van der Waals surface area (Å²) in [5.41, 5.74) is -0.862. The van der Waals surface area contributed by atoms with E-state index in [4.69, 9.17) is 14.6 Å². The lowest BCUT2D eigenvalue weighted by molar-refractivity contribution is -0.139. The zero-order valence-electron chi connectivity index (χ0n) is 11.3. The van der Waals surface area contributed by atoms with Crippen LogP contribution in [0.25, 0.3) is 0 Å². The summed E-state index contributed by atoms with van der Waals surface area (Å²) in [5, 5.41) is 11.5. The predicted octanol–water partition coefficient (Wildman–Crippen LogP) is 0.799. The first kappa shape index (κ1) is 16.9. The average Bonchev–Trinajstić information content (AvgIpc) is 2.23. The van der Waals surface area contributed by atoms with Crippen LogP contribution >= 0.6 is 0 Å². The molecule has 1 atom stereocenters. The standard InChI is InChI=1S/C12H23NO5/c1-12(9-18-3,8-11(15)16)13-10(14)6-4-5-7-17-2/h4-9H2,1-3H3,(H,13,14)(H,15,16). The van der Waals surface area contributed by atoms with Gasteiger partial charge in [0, 0.05) is 27.2 Å². The van der Waals surface area contributed by atoms with Gasteiger partial charge >= 0.3 is 5.97 Å². The maximum Gasteiger partial charge on any atom is 0.305 e. The summed E-state index contributed by atoms with van der Waals surface area (Å²) in [5.74, 6) is -1.12. The molecule has 0 radical (unpaired) electrons. The Morgan fingerprint density at radius 2 is 1.89 bits per heavy atom. The quantitative estimate of drug-likeness (QED) is 0.568. The van der Waals surface area contributed by atoms with Gasteiger partial charge in [-0.3, -0.25) is 9.59 Å². The molecule has 0 aromatic heterocycles. The Hall–Kier alpha value is -1.14. The number of nitrogens with one attached hydrogen (secondary N) is 1. The Kier molecular flexibility index (Phi) is 8.32. The number of methoxy groups -OCH3 is 2. The van der Waals surface area contributed by atoms with Gasteiger partial charge in [-0.1, -0.05) is 0 Å². The van der Waals surface area contributed by atoms with Crippen LogP contribution < -0.4 is 5.32 Å². The van der Waals surface area contributed by atoms with Crippen LogP contribution in [0.15, 0.2) is 0 Å². The molecule has 0 saturated heterocycles. The van der Waals surface area contributed by atoms with Gasteiger partial charge < -0.3 is 19.9 Å². The van der Waals surface area contributed by atoms with Crippen LogP contribution in [0, 0.1) is 0 Å². The van der Waals surface area contributed by atoms with Crippen molar-refractivity contribution < 1.29 is 24.2 Å². The fourth-order valence-electron chi connectivity index (χ4n) is 1.71. The molecular weight excluding hydrogens is 238 g/mol. The summed E-state index contributed by atoms with van der Waals surface area (Å²) in [4.78, 5) is 22.4. The Bertz CT molecular complexity index is 269. The molecule has 18 heavy (non-hydrogen) atoms. The number of ether oxygens (including phenoxy) is 2. The topological polar surface area (TPSA) is 84.9 Å². The predicted molar refractivity (Wildman–Crippen MR) is 66.4 cm³/mol. The first-order chi connectivity index (χ1) is 8.43. The van der Waals surface area contributed by atoms with Crippen LogP contribution in [0.1, 0.15) is 32.6 Å². The molecule has 0 aromatic carbocycles. The van der Waals surface area contributed by atoms with E-state index in [1.165, 1.54) is 7.11 Å². The first-order valence-electron chi connectivity index (χ1n) is 5.94. The molecule has 106 valence electrons. The van der Waals surface area contributed by atoms with Gasteiger partial charge in [-0.25, -0.2) is 0 Å². The molecule has 0 bridgehead atoms. The van der Waals surface area contributed by atoms with Gasteiger partial charge in [0.25, 0.3) is 0 Å². The average molecular weight is 261 g/mol. The van der Waals surface area contributed by atoms with Crippen molar-refractivity contribution in [1.82, 2.24) is 5.32 Å². The molecule has 0 aliphatic carbocycles. The minimum Gasteiger partial charge on any atom is -0.481 e. The van der Waals surface area contributed by atoms with Crippen LogP contribution in [-0.2, 0) is 19.1 Å². The van der Waals surface area contributed by atoms with Crippen LogP contribution in [0.5, 0.6) is 0 Å². The molecular formula is C12H23NO5. The molecule has 0 aliphatic rings. The van der Waals surface area contributed by atoms with E-state index in [-0.39, 0.29) is 18.9 Å². The number of rotatable bonds is 10. The molecule has 0 aromatic rings. The van der Waals surface area contributed by atoms with Crippen molar-refractivity contribution in [3.8, 4) is 0 Å². The van der Waals surface area contributed by atoms with Gasteiger partial charge in [0.1, 0.15) is 0 Å². The third-order valence-corrected chi connectivity index (χ3v) is 2.45. The number of carboxylic acid groups (broad SMARTS) is 1. The Balaban J connectivity index is 4.14. The summed E-state index contributed by atoms with van der Waals surface area (Å²) < 4.78 is 9.84. The normalized spacial score (nSPS) is 13.9. The minimum absolute atomic E-state index is 0.160. The number of aliphatic carboxylic acids is 1. The van der Waals surface area contributed by atoms with Crippen LogP contribution in [-0.4, -0.2) is 50.0 Å². The Morgan fingerprint density at radius 1 is 1.22 bits per heavy atom. The van der Waals surface area contributed by atoms with E-state index in [2.05, 4.69) is 5.32 Å². The van der Waals surface area contributed by atoms with Gasteiger partial charge in [0.15, 0.2) is 0 Å². The van der Waals surface area contributed by atoms with Crippen molar-refractivity contribution in [2.75, 3.05) is 27.4 Å². The molecule has 6 heteroatoms. The zero-order chi connectivity index (χ0) is 14.0. The number of carbonyl (C=O) groups is 2. The molecule has 0 saturated carbocycles. The maximum atomic E-state index is 11.7. The highest BCUT2D eigenvalue weighted by Crippen LogP contribution is 2.11. The van der Waals surface area contributed by atoms with Crippen molar-refractivity contribution in [2.45, 2.75) is 38.1 Å². The van der Waals surface area contributed by atoms with E-state index in [9.17, 15) is 9.59 Å². The number of hydrogen-bond donors (Lipinski definition) is 2. The number of carboxylic acids is 1. The highest BCUT2D eigenvalue weighted by molar-refractivity contribution is 5.78. The molecule has 0 heterocycles. The van der Waals surface area contributed by atoms with Crippen LogP contribution in [0.4, 0.5) is 0 Å². The molecule has 0 fully saturated rings. The van der Waals surface area contributed by atoms with E-state index in [1.807, 2.05) is 0 Å². The fraction of sp³-hybridized carbons (Fsp3) is 0.833. The number of unbranched alkanes of at least 4 members (excludes halogenated alkanes) is 1. The molecule has 1 amide bonds. The second kappa shape index (κ2) is 8.88. The molecule has 0 aliphatic heterocycles. The lowest BCUT2D eigenvalue weighted by atomic mass is 9.98. The van der Waals surface area contributed by atoms with E-state index < -0.39 is 11.5 Å². The third kappa shape index (κ3) is 8.03. The summed E-state index contributed by atoms with van der Waals surface area (Å²) >= 11 is 0. The summed E-state index contributed by atoms with van der Waals surface area (Å²) in [6, 6.07) is 0. The number of hydrogen-bond acceptors (Lipinski definition) is 4. The fourth-order valence-corrected chi connectivity index (χ4v) is 1.71.